The molecule has 0 radical (unpaired) electrons. The second kappa shape index (κ2) is 7.10. The molecule has 0 saturated carbocycles. The first kappa shape index (κ1) is 18.2. The maximum absolute atomic E-state index is 13.2. The van der Waals surface area contributed by atoms with Gasteiger partial charge in [0.2, 0.25) is 0 Å². The molecule has 2 bridgehead atoms. The van der Waals surface area contributed by atoms with Crippen molar-refractivity contribution in [3.63, 3.8) is 0 Å². The van der Waals surface area contributed by atoms with E-state index < -0.39 is 0 Å². The summed E-state index contributed by atoms with van der Waals surface area (Å²) >= 11 is 0. The molecule has 0 unspecified atom stereocenters. The van der Waals surface area contributed by atoms with Gasteiger partial charge in [0.15, 0.2) is 0 Å². The fourth-order valence-corrected chi connectivity index (χ4v) is 4.05. The Kier molecular flexibility index (Phi) is 4.62. The highest BCUT2D eigenvalue weighted by molar-refractivity contribution is 5.97. The number of piperidine rings is 1. The van der Waals surface area contributed by atoms with Crippen LogP contribution in [0.4, 0.5) is 4.79 Å². The molecule has 28 heavy (non-hydrogen) atoms. The minimum atomic E-state index is -0.213. The van der Waals surface area contributed by atoms with Gasteiger partial charge in [-0.2, -0.15) is 0 Å². The molecule has 3 saturated heterocycles. The van der Waals surface area contributed by atoms with E-state index in [0.717, 1.165) is 12.8 Å². The van der Waals surface area contributed by atoms with Gasteiger partial charge in [-0.1, -0.05) is 0 Å². The summed E-state index contributed by atoms with van der Waals surface area (Å²) in [5, 5.41) is 21.4. The zero-order chi connectivity index (χ0) is 19.8. The van der Waals surface area contributed by atoms with Gasteiger partial charge in [0.1, 0.15) is 12.1 Å². The maximum Gasteiger partial charge on any atom is 0.319 e. The van der Waals surface area contributed by atoms with Crippen molar-refractivity contribution in [3.05, 3.63) is 30.1 Å². The molecule has 10 heteroatoms. The topological polar surface area (TPSA) is 108 Å². The predicted molar refractivity (Wildman–Crippen MR) is 99.0 cm³/mol. The van der Waals surface area contributed by atoms with Crippen LogP contribution in [0.5, 0.6) is 5.75 Å². The van der Waals surface area contributed by atoms with Crippen molar-refractivity contribution >= 4 is 11.9 Å². The Morgan fingerprint density at radius 1 is 1.18 bits per heavy atom. The van der Waals surface area contributed by atoms with E-state index in [1.807, 2.05) is 9.80 Å². The molecule has 0 aliphatic carbocycles. The summed E-state index contributed by atoms with van der Waals surface area (Å²) in [5.41, 5.74) is 0.814. The van der Waals surface area contributed by atoms with Crippen molar-refractivity contribution < 1.29 is 14.7 Å². The Morgan fingerprint density at radius 3 is 2.68 bits per heavy atom. The third kappa shape index (κ3) is 3.25. The maximum atomic E-state index is 13.2. The quantitative estimate of drug-likeness (QED) is 0.811. The zero-order valence-corrected chi connectivity index (χ0v) is 15.9. The summed E-state index contributed by atoms with van der Waals surface area (Å²) in [7, 11) is 3.48. The molecule has 1 aromatic carbocycles. The Hall–Kier alpha value is -3.17. The Labute approximate surface area is 162 Å². The predicted octanol–water partition coefficient (Wildman–Crippen LogP) is 0.586. The molecule has 2 atom stereocenters. The molecule has 5 rings (SSSR count). The van der Waals surface area contributed by atoms with Gasteiger partial charge in [0, 0.05) is 45.8 Å². The van der Waals surface area contributed by atoms with Crippen LogP contribution in [0.25, 0.3) is 5.69 Å². The van der Waals surface area contributed by atoms with Gasteiger partial charge in [-0.3, -0.25) is 4.79 Å². The standard InChI is InChI=1S/C18H23N7O3/c1-22(2)18(28)23-8-12-3-4-14(10-23)24(9-12)17(27)15-6-5-13(7-16(15)26)25-11-19-20-21-25/h5-7,11-12,14,26H,3-4,8-10H2,1-2H3/t12-,14+/m0/s1. The molecule has 3 aliphatic rings. The van der Waals surface area contributed by atoms with E-state index in [4.69, 9.17) is 0 Å². The molecule has 3 aliphatic heterocycles. The van der Waals surface area contributed by atoms with E-state index in [2.05, 4.69) is 15.5 Å². The molecule has 1 N–H and O–H groups in total. The number of hydrogen-bond acceptors (Lipinski definition) is 6. The highest BCUT2D eigenvalue weighted by atomic mass is 16.3. The van der Waals surface area contributed by atoms with Crippen LogP contribution in [0.2, 0.25) is 0 Å². The molecule has 10 nitrogen and oxygen atoms in total. The van der Waals surface area contributed by atoms with E-state index in [-0.39, 0.29) is 35.2 Å². The van der Waals surface area contributed by atoms with Crippen LogP contribution in [-0.2, 0) is 0 Å². The molecule has 2 aromatic rings. The summed E-state index contributed by atoms with van der Waals surface area (Å²) in [6, 6.07) is 4.69. The Balaban J connectivity index is 1.56. The van der Waals surface area contributed by atoms with Crippen molar-refractivity contribution in [3.8, 4) is 11.4 Å². The fraction of sp³-hybridized carbons (Fsp3) is 0.500. The molecule has 148 valence electrons. The van der Waals surface area contributed by atoms with Gasteiger partial charge < -0.3 is 19.8 Å². The SMILES string of the molecule is CN(C)C(=O)N1C[C@@H]2CC[C@H](C1)N(C(=O)c1ccc(-n3cnnn3)cc1O)C2. The van der Waals surface area contributed by atoms with Crippen molar-refractivity contribution in [2.45, 2.75) is 18.9 Å². The van der Waals surface area contributed by atoms with Crippen LogP contribution in [0.3, 0.4) is 0 Å². The number of carbonyl (C=O) groups excluding carboxylic acids is 2. The number of phenolic OH excluding ortho intramolecular Hbond substituents is 1. The normalized spacial score (nSPS) is 21.5. The second-order valence-corrected chi connectivity index (χ2v) is 7.59. The number of amides is 3. The highest BCUT2D eigenvalue weighted by Crippen LogP contribution is 2.31. The number of rotatable bonds is 2. The van der Waals surface area contributed by atoms with Gasteiger partial charge >= 0.3 is 6.03 Å². The van der Waals surface area contributed by atoms with Crippen molar-refractivity contribution in [2.24, 2.45) is 5.92 Å². The van der Waals surface area contributed by atoms with Crippen molar-refractivity contribution in [1.82, 2.24) is 34.9 Å². The lowest BCUT2D eigenvalue weighted by molar-refractivity contribution is 0.0582. The minimum Gasteiger partial charge on any atom is -0.507 e. The van der Waals surface area contributed by atoms with Gasteiger partial charge in [0.05, 0.1) is 11.3 Å². The smallest absolute Gasteiger partial charge is 0.319 e. The lowest BCUT2D eigenvalue weighted by Crippen LogP contribution is -2.48. The first-order chi connectivity index (χ1) is 13.4. The average Bonchev–Trinajstić information content (AvgIpc) is 3.07. The van der Waals surface area contributed by atoms with Gasteiger partial charge in [-0.05, 0) is 41.3 Å². The van der Waals surface area contributed by atoms with E-state index in [1.165, 1.54) is 17.1 Å². The van der Waals surface area contributed by atoms with Gasteiger partial charge in [-0.25, -0.2) is 9.48 Å². The molecule has 4 heterocycles. The second-order valence-electron chi connectivity index (χ2n) is 7.59. The van der Waals surface area contributed by atoms with Gasteiger partial charge in [-0.15, -0.1) is 5.10 Å². The molecular weight excluding hydrogens is 362 g/mol. The van der Waals surface area contributed by atoms with Crippen LogP contribution in [0.1, 0.15) is 23.2 Å². The van der Waals surface area contributed by atoms with E-state index in [1.54, 1.807) is 31.1 Å². The van der Waals surface area contributed by atoms with E-state index in [0.29, 0.717) is 25.3 Å². The third-order valence-corrected chi connectivity index (χ3v) is 5.45. The van der Waals surface area contributed by atoms with Crippen LogP contribution in [0.15, 0.2) is 24.5 Å². The number of phenols is 1. The first-order valence-corrected chi connectivity index (χ1v) is 9.27. The van der Waals surface area contributed by atoms with Crippen LogP contribution < -0.4 is 0 Å². The van der Waals surface area contributed by atoms with Crippen LogP contribution >= 0.6 is 0 Å². The largest absolute Gasteiger partial charge is 0.507 e. The zero-order valence-electron chi connectivity index (χ0n) is 15.9. The molecule has 1 aromatic heterocycles. The number of hydrogen-bond donors (Lipinski definition) is 1. The first-order valence-electron chi connectivity index (χ1n) is 9.27. The lowest BCUT2D eigenvalue weighted by Gasteiger charge is -2.36. The summed E-state index contributed by atoms with van der Waals surface area (Å²) in [6.45, 7) is 1.76. The molecule has 3 fully saturated rings. The van der Waals surface area contributed by atoms with E-state index >= 15 is 0 Å². The fourth-order valence-electron chi connectivity index (χ4n) is 4.05. The van der Waals surface area contributed by atoms with E-state index in [9.17, 15) is 14.7 Å². The van der Waals surface area contributed by atoms with Crippen LogP contribution in [0, 0.1) is 5.92 Å². The Morgan fingerprint density at radius 2 is 2.00 bits per heavy atom. The number of urea groups is 1. The monoisotopic (exact) mass is 385 g/mol. The minimum absolute atomic E-state index is 0.0279. The summed E-state index contributed by atoms with van der Waals surface area (Å²) < 4.78 is 1.41. The lowest BCUT2D eigenvalue weighted by atomic mass is 9.94. The molecular formula is C18H23N7O3. The number of fused-ring (bicyclic) bond motifs is 4. The number of benzene rings is 1. The summed E-state index contributed by atoms with van der Waals surface area (Å²) in [6.07, 6.45) is 3.27. The summed E-state index contributed by atoms with van der Waals surface area (Å²) in [5.74, 6) is -0.0804. The Bertz CT molecular complexity index is 883. The highest BCUT2D eigenvalue weighted by Gasteiger charge is 2.39. The number of nitrogens with zero attached hydrogens (tertiary/aromatic N) is 7. The number of carbonyl (C=O) groups is 2. The molecule has 0 spiro atoms. The number of aromatic hydroxyl groups is 1. The van der Waals surface area contributed by atoms with Crippen molar-refractivity contribution in [2.75, 3.05) is 33.7 Å². The number of aromatic nitrogens is 4. The molecule has 3 amide bonds. The number of tetrazole rings is 1. The average molecular weight is 385 g/mol. The van der Waals surface area contributed by atoms with Gasteiger partial charge in [0.25, 0.3) is 5.91 Å². The van der Waals surface area contributed by atoms with Crippen molar-refractivity contribution in [1.29, 1.82) is 0 Å². The summed E-state index contributed by atoms with van der Waals surface area (Å²) in [4.78, 5) is 30.8. The third-order valence-electron chi connectivity index (χ3n) is 5.45. The van der Waals surface area contributed by atoms with Crippen LogP contribution in [-0.4, -0.2) is 91.7 Å².